The summed E-state index contributed by atoms with van der Waals surface area (Å²) in [5.74, 6) is 0. The van der Waals surface area contributed by atoms with Crippen LogP contribution in [-0.2, 0) is 0 Å². The first kappa shape index (κ1) is 7.33. The Morgan fingerprint density at radius 2 is 2.10 bits per heavy atom. The minimum Gasteiger partial charge on any atom is -0.195 e. The molecule has 0 saturated carbocycles. The molecule has 1 aliphatic heterocycles. The first-order valence-electron chi connectivity index (χ1n) is 2.18. The molecule has 7 heteroatoms. The fourth-order valence-corrected chi connectivity index (χ4v) is 0.461. The van der Waals surface area contributed by atoms with E-state index in [1.807, 2.05) is 0 Å². The van der Waals surface area contributed by atoms with Gasteiger partial charge in [0.2, 0.25) is 0 Å². The molecule has 1 rings (SSSR count). The third-order valence-electron chi connectivity index (χ3n) is 0.761. The van der Waals surface area contributed by atoms with Gasteiger partial charge in [-0.3, -0.25) is 0 Å². The molecule has 0 N–H and O–H groups in total. The van der Waals surface area contributed by atoms with Crippen LogP contribution in [0.2, 0.25) is 0 Å². The van der Waals surface area contributed by atoms with Crippen LogP contribution in [0.4, 0.5) is 13.2 Å². The number of rotatable bonds is 0. The van der Waals surface area contributed by atoms with Gasteiger partial charge in [-0.2, -0.15) is 27.6 Å². The Morgan fingerprint density at radius 1 is 1.50 bits per heavy atom. The topological polar surface area (TPSA) is 28.0 Å². The highest BCUT2D eigenvalue weighted by Crippen LogP contribution is 2.14. The van der Waals surface area contributed by atoms with E-state index >= 15 is 0 Å². The summed E-state index contributed by atoms with van der Waals surface area (Å²) in [5.41, 5.74) is 0. The van der Waals surface area contributed by atoms with Gasteiger partial charge in [0.05, 0.1) is 0 Å². The quantitative estimate of drug-likeness (QED) is 0.400. The van der Waals surface area contributed by atoms with Crippen LogP contribution < -0.4 is 0 Å². The number of nitrogens with zero attached hydrogens (tertiary/aromatic N) is 3. The Morgan fingerprint density at radius 3 is 2.60 bits per heavy atom. The van der Waals surface area contributed by atoms with E-state index in [1.54, 1.807) is 0 Å². The molecule has 1 heterocycles. The molecule has 1 unspecified atom stereocenters. The van der Waals surface area contributed by atoms with E-state index < -0.39 is 18.6 Å². The first-order chi connectivity index (χ1) is 4.61. The lowest BCUT2D eigenvalue weighted by molar-refractivity contribution is 0.224. The summed E-state index contributed by atoms with van der Waals surface area (Å²) >= 11 is 4.86. The minimum atomic E-state index is -2.24. The Kier molecular flexibility index (Phi) is 1.80. The second kappa shape index (κ2) is 2.45. The van der Waals surface area contributed by atoms with E-state index in [4.69, 9.17) is 11.8 Å². The molecule has 1 atom stereocenters. The van der Waals surface area contributed by atoms with Gasteiger partial charge >= 0.3 is 12.2 Å². The lowest BCUT2D eigenvalue weighted by Crippen LogP contribution is -2.29. The number of hydrogen-bond donors (Lipinski definition) is 0. The summed E-state index contributed by atoms with van der Waals surface area (Å²) < 4.78 is 36.0. The Bertz CT molecular complexity index is 203. The van der Waals surface area contributed by atoms with Crippen molar-refractivity contribution in [1.29, 1.82) is 0 Å². The van der Waals surface area contributed by atoms with E-state index in [-0.39, 0.29) is 4.42 Å². The standard InChI is InChI=1S/C3HClF3N3/c4-10-2(6)8-1(5)9-3(10)7/h2H. The van der Waals surface area contributed by atoms with Crippen LogP contribution in [0.1, 0.15) is 0 Å². The third kappa shape index (κ3) is 1.21. The zero-order valence-corrected chi connectivity index (χ0v) is 5.19. The molecule has 0 aromatic carbocycles. The second-order valence-corrected chi connectivity index (χ2v) is 1.77. The van der Waals surface area contributed by atoms with Gasteiger partial charge in [-0.25, -0.2) is 0 Å². The maximum Gasteiger partial charge on any atom is 0.312 e. The molecule has 0 spiro atoms. The molecule has 0 saturated heterocycles. The van der Waals surface area contributed by atoms with Gasteiger partial charge in [0.1, 0.15) is 0 Å². The van der Waals surface area contributed by atoms with Crippen LogP contribution in [0, 0.1) is 0 Å². The number of hydrogen-bond acceptors (Lipinski definition) is 3. The number of amidine groups is 2. The highest BCUT2D eigenvalue weighted by atomic mass is 35.5. The molecule has 0 aliphatic carbocycles. The van der Waals surface area contributed by atoms with Gasteiger partial charge in [0.25, 0.3) is 6.42 Å². The van der Waals surface area contributed by atoms with Crippen molar-refractivity contribution in [3.05, 3.63) is 0 Å². The molecule has 0 aromatic rings. The molecule has 3 nitrogen and oxygen atoms in total. The number of alkyl halides is 1. The van der Waals surface area contributed by atoms with Gasteiger partial charge < -0.3 is 0 Å². The lowest BCUT2D eigenvalue weighted by Gasteiger charge is -2.15. The number of halogens is 4. The molecule has 0 bridgehead atoms. The van der Waals surface area contributed by atoms with Crippen molar-refractivity contribution in [2.75, 3.05) is 0 Å². The third-order valence-corrected chi connectivity index (χ3v) is 1.06. The van der Waals surface area contributed by atoms with Crippen LogP contribution >= 0.6 is 11.8 Å². The molecule has 0 amide bonds. The van der Waals surface area contributed by atoms with Crippen molar-refractivity contribution in [3.8, 4) is 0 Å². The summed E-state index contributed by atoms with van der Waals surface area (Å²) in [6.45, 7) is 0. The van der Waals surface area contributed by atoms with Crippen LogP contribution in [0.25, 0.3) is 0 Å². The predicted molar refractivity (Wildman–Crippen MR) is 29.7 cm³/mol. The molecular weight excluding hydrogens is 171 g/mol. The van der Waals surface area contributed by atoms with E-state index in [9.17, 15) is 13.2 Å². The normalized spacial score (nSPS) is 26.0. The van der Waals surface area contributed by atoms with Crippen molar-refractivity contribution >= 4 is 24.0 Å². The number of aliphatic imine (C=N–C) groups is 2. The summed E-state index contributed by atoms with van der Waals surface area (Å²) in [7, 11) is 0. The van der Waals surface area contributed by atoms with E-state index in [1.165, 1.54) is 0 Å². The molecule has 0 radical (unpaired) electrons. The molecule has 0 fully saturated rings. The molecular formula is C3HClF3N3. The smallest absolute Gasteiger partial charge is 0.195 e. The largest absolute Gasteiger partial charge is 0.312 e. The van der Waals surface area contributed by atoms with Gasteiger partial charge in [-0.05, 0) is 0 Å². The van der Waals surface area contributed by atoms with E-state index in [0.29, 0.717) is 0 Å². The van der Waals surface area contributed by atoms with E-state index in [0.717, 1.165) is 0 Å². The first-order valence-corrected chi connectivity index (χ1v) is 2.51. The van der Waals surface area contributed by atoms with Gasteiger partial charge in [-0.15, -0.1) is 0 Å². The van der Waals surface area contributed by atoms with Crippen LogP contribution in [0.15, 0.2) is 9.98 Å². The summed E-state index contributed by atoms with van der Waals surface area (Å²) in [6, 6.07) is 0. The van der Waals surface area contributed by atoms with Crippen LogP contribution in [0.3, 0.4) is 0 Å². The average molecular weight is 172 g/mol. The molecule has 1 aliphatic rings. The van der Waals surface area contributed by atoms with Gasteiger partial charge in [0, 0.05) is 11.8 Å². The van der Waals surface area contributed by atoms with Crippen molar-refractivity contribution in [2.45, 2.75) is 6.42 Å². The zero-order valence-electron chi connectivity index (χ0n) is 4.43. The van der Waals surface area contributed by atoms with Gasteiger partial charge in [-0.1, -0.05) is 0 Å². The maximum atomic E-state index is 12.1. The minimum absolute atomic E-state index is 0.0525. The zero-order chi connectivity index (χ0) is 7.72. The second-order valence-electron chi connectivity index (χ2n) is 1.40. The van der Waals surface area contributed by atoms with Crippen molar-refractivity contribution in [3.63, 3.8) is 0 Å². The summed E-state index contributed by atoms with van der Waals surface area (Å²) in [4.78, 5) is 5.07. The molecule has 0 aromatic heterocycles. The van der Waals surface area contributed by atoms with E-state index in [2.05, 4.69) is 9.98 Å². The average Bonchev–Trinajstić information content (AvgIpc) is 1.82. The van der Waals surface area contributed by atoms with Crippen molar-refractivity contribution in [1.82, 2.24) is 4.42 Å². The van der Waals surface area contributed by atoms with Gasteiger partial charge in [0.15, 0.2) is 0 Å². The summed E-state index contributed by atoms with van der Waals surface area (Å²) in [5, 5.41) is 0. The SMILES string of the molecule is FC1=NC(F)N(Cl)C(F)=N1. The van der Waals surface area contributed by atoms with Crippen LogP contribution in [-0.4, -0.2) is 23.0 Å². The maximum absolute atomic E-state index is 12.1. The van der Waals surface area contributed by atoms with Crippen molar-refractivity contribution in [2.24, 2.45) is 9.98 Å². The predicted octanol–water partition coefficient (Wildman–Crippen LogP) is 1.36. The Hall–Kier alpha value is -0.780. The monoisotopic (exact) mass is 171 g/mol. The fourth-order valence-electron chi connectivity index (χ4n) is 0.379. The fraction of sp³-hybridized carbons (Fsp3) is 0.333. The highest BCUT2D eigenvalue weighted by molar-refractivity contribution is 6.22. The van der Waals surface area contributed by atoms with Crippen molar-refractivity contribution < 1.29 is 13.2 Å². The molecule has 56 valence electrons. The Labute approximate surface area is 58.9 Å². The molecule has 10 heavy (non-hydrogen) atoms. The lowest BCUT2D eigenvalue weighted by atomic mass is 10.8. The Balaban J connectivity index is 2.85. The highest BCUT2D eigenvalue weighted by Gasteiger charge is 2.24. The van der Waals surface area contributed by atoms with Crippen LogP contribution in [0.5, 0.6) is 0 Å². The summed E-state index contributed by atoms with van der Waals surface area (Å²) in [6.07, 6.45) is -5.14.